The zero-order valence-corrected chi connectivity index (χ0v) is 34.6. The Morgan fingerprint density at radius 1 is 0.712 bits per heavy atom. The summed E-state index contributed by atoms with van der Waals surface area (Å²) >= 11 is 0. The Morgan fingerprint density at radius 2 is 1.20 bits per heavy atom. The molecule has 12 heteroatoms. The lowest BCUT2D eigenvalue weighted by molar-refractivity contribution is -0.276. The van der Waals surface area contributed by atoms with Gasteiger partial charge in [0.2, 0.25) is 0 Å². The fraction of sp³-hybridized carbons (Fsp3) is 0.426. The van der Waals surface area contributed by atoms with Crippen molar-refractivity contribution in [3.05, 3.63) is 155 Å². The second kappa shape index (κ2) is 19.4. The van der Waals surface area contributed by atoms with Gasteiger partial charge in [0.25, 0.3) is 0 Å². The predicted molar refractivity (Wildman–Crippen MR) is 221 cm³/mol. The van der Waals surface area contributed by atoms with Crippen molar-refractivity contribution < 1.29 is 38.0 Å². The van der Waals surface area contributed by atoms with E-state index in [4.69, 9.17) is 33.2 Å². The lowest BCUT2D eigenvalue weighted by Crippen LogP contribution is -2.58. The fourth-order valence-electron chi connectivity index (χ4n) is 7.55. The standard InChI is InChI=1S/C47H56N4O8/c1-46(2,3)59-45(52)51-38(32-57-47(51,4)5)27-50-39(26-48-49-50)41-43(55-30-36-22-14-8-15-23-36)44(56-31-37-24-16-9-17-25-37)42(54-29-35-20-12-7-13-21-35)40(58-41)33-53-28-34-18-10-6-11-19-34/h6-26,38,40-44H,27-33H2,1-5H3/t38-,40+,41-,42-,43-,44-/m0/s1. The minimum atomic E-state index is -0.905. The van der Waals surface area contributed by atoms with Crippen molar-refractivity contribution in [2.45, 2.75) is 115 Å². The molecule has 6 atom stereocenters. The molecule has 59 heavy (non-hydrogen) atoms. The van der Waals surface area contributed by atoms with Gasteiger partial charge in [-0.2, -0.15) is 0 Å². The molecule has 0 bridgehead atoms. The van der Waals surface area contributed by atoms with E-state index >= 15 is 0 Å². The van der Waals surface area contributed by atoms with Crippen LogP contribution < -0.4 is 0 Å². The molecule has 12 nitrogen and oxygen atoms in total. The maximum absolute atomic E-state index is 13.6. The van der Waals surface area contributed by atoms with Crippen molar-refractivity contribution in [3.8, 4) is 0 Å². The van der Waals surface area contributed by atoms with Crippen molar-refractivity contribution in [1.29, 1.82) is 0 Å². The third-order valence-corrected chi connectivity index (χ3v) is 10.4. The van der Waals surface area contributed by atoms with Crippen LogP contribution in [0.3, 0.4) is 0 Å². The summed E-state index contributed by atoms with van der Waals surface area (Å²) in [4.78, 5) is 15.3. The van der Waals surface area contributed by atoms with Crippen LogP contribution in [-0.2, 0) is 66.1 Å². The smallest absolute Gasteiger partial charge is 0.412 e. The number of hydrogen-bond donors (Lipinski definition) is 0. The Hall–Kier alpha value is -4.95. The summed E-state index contributed by atoms with van der Waals surface area (Å²) in [7, 11) is 0. The van der Waals surface area contributed by atoms with Gasteiger partial charge in [0.15, 0.2) is 0 Å². The molecule has 0 spiro atoms. The first-order valence-corrected chi connectivity index (χ1v) is 20.3. The van der Waals surface area contributed by atoms with Gasteiger partial charge in [-0.25, -0.2) is 9.48 Å². The monoisotopic (exact) mass is 804 g/mol. The molecule has 5 aromatic rings. The maximum atomic E-state index is 13.6. The van der Waals surface area contributed by atoms with Gasteiger partial charge in [-0.3, -0.25) is 4.90 Å². The van der Waals surface area contributed by atoms with E-state index in [1.165, 1.54) is 0 Å². The van der Waals surface area contributed by atoms with E-state index in [0.29, 0.717) is 25.5 Å². The highest BCUT2D eigenvalue weighted by molar-refractivity contribution is 5.69. The van der Waals surface area contributed by atoms with Gasteiger partial charge >= 0.3 is 6.09 Å². The van der Waals surface area contributed by atoms with E-state index in [-0.39, 0.29) is 26.4 Å². The van der Waals surface area contributed by atoms with Crippen LogP contribution in [0.5, 0.6) is 0 Å². The summed E-state index contributed by atoms with van der Waals surface area (Å²) < 4.78 is 48.1. The molecule has 312 valence electrons. The molecule has 0 unspecified atom stereocenters. The number of hydrogen-bond acceptors (Lipinski definition) is 10. The van der Waals surface area contributed by atoms with Gasteiger partial charge in [-0.1, -0.05) is 127 Å². The molecule has 2 fully saturated rings. The number of carbonyl (C=O) groups is 1. The van der Waals surface area contributed by atoms with Crippen molar-refractivity contribution >= 4 is 6.09 Å². The Labute approximate surface area is 347 Å². The first kappa shape index (κ1) is 42.2. The summed E-state index contributed by atoms with van der Waals surface area (Å²) in [6.45, 7) is 11.3. The third kappa shape index (κ3) is 11.2. The summed E-state index contributed by atoms with van der Waals surface area (Å²) in [6, 6.07) is 39.8. The number of nitrogens with zero attached hydrogens (tertiary/aromatic N) is 4. The lowest BCUT2D eigenvalue weighted by Gasteiger charge is -2.46. The lowest BCUT2D eigenvalue weighted by atomic mass is 9.92. The molecule has 2 saturated heterocycles. The Kier molecular flexibility index (Phi) is 13.9. The number of amides is 1. The second-order valence-electron chi connectivity index (χ2n) is 16.5. The van der Waals surface area contributed by atoms with Gasteiger partial charge in [-0.05, 0) is 56.9 Å². The van der Waals surface area contributed by atoms with E-state index in [1.807, 2.05) is 156 Å². The van der Waals surface area contributed by atoms with E-state index < -0.39 is 54.0 Å². The number of benzene rings is 4. The van der Waals surface area contributed by atoms with Crippen LogP contribution in [0.15, 0.2) is 128 Å². The van der Waals surface area contributed by atoms with Crippen LogP contribution in [0.25, 0.3) is 0 Å². The number of ether oxygens (including phenoxy) is 7. The number of aromatic nitrogens is 3. The number of carbonyl (C=O) groups excluding carboxylic acids is 1. The van der Waals surface area contributed by atoms with Crippen LogP contribution in [-0.4, -0.2) is 81.0 Å². The quantitative estimate of drug-likeness (QED) is 0.0971. The zero-order chi connectivity index (χ0) is 41.2. The van der Waals surface area contributed by atoms with E-state index in [1.54, 1.807) is 15.8 Å². The first-order chi connectivity index (χ1) is 28.5. The molecule has 4 aromatic carbocycles. The summed E-state index contributed by atoms with van der Waals surface area (Å²) in [5.74, 6) is 0. The van der Waals surface area contributed by atoms with Gasteiger partial charge < -0.3 is 33.2 Å². The van der Waals surface area contributed by atoms with Crippen LogP contribution in [0.4, 0.5) is 4.79 Å². The minimum Gasteiger partial charge on any atom is -0.444 e. The highest BCUT2D eigenvalue weighted by Crippen LogP contribution is 2.39. The van der Waals surface area contributed by atoms with Crippen LogP contribution in [0, 0.1) is 0 Å². The molecule has 0 radical (unpaired) electrons. The molecular formula is C47H56N4O8. The Morgan fingerprint density at radius 3 is 1.73 bits per heavy atom. The maximum Gasteiger partial charge on any atom is 0.412 e. The fourth-order valence-corrected chi connectivity index (χ4v) is 7.55. The normalized spacial score (nSPS) is 23.0. The molecular weight excluding hydrogens is 749 g/mol. The van der Waals surface area contributed by atoms with Crippen LogP contribution in [0.2, 0.25) is 0 Å². The van der Waals surface area contributed by atoms with Crippen molar-refractivity contribution in [2.75, 3.05) is 13.2 Å². The Balaban J connectivity index is 1.25. The average molecular weight is 805 g/mol. The minimum absolute atomic E-state index is 0.208. The predicted octanol–water partition coefficient (Wildman–Crippen LogP) is 8.06. The molecule has 0 saturated carbocycles. The summed E-state index contributed by atoms with van der Waals surface area (Å²) in [5, 5.41) is 8.95. The van der Waals surface area contributed by atoms with Gasteiger partial charge in [0.05, 0.1) is 64.1 Å². The van der Waals surface area contributed by atoms with Crippen molar-refractivity contribution in [2.24, 2.45) is 0 Å². The second-order valence-corrected chi connectivity index (χ2v) is 16.5. The molecule has 7 rings (SSSR count). The van der Waals surface area contributed by atoms with Gasteiger partial charge in [0.1, 0.15) is 41.8 Å². The van der Waals surface area contributed by atoms with E-state index in [9.17, 15) is 4.79 Å². The Bertz CT molecular complexity index is 2030. The topological polar surface area (TPSA) is 116 Å². The van der Waals surface area contributed by atoms with Crippen LogP contribution >= 0.6 is 0 Å². The highest BCUT2D eigenvalue weighted by atomic mass is 16.6. The largest absolute Gasteiger partial charge is 0.444 e. The molecule has 0 N–H and O–H groups in total. The zero-order valence-electron chi connectivity index (χ0n) is 34.6. The number of rotatable bonds is 16. The summed E-state index contributed by atoms with van der Waals surface area (Å²) in [6.07, 6.45) is -2.04. The molecule has 1 amide bonds. The van der Waals surface area contributed by atoms with Gasteiger partial charge in [0, 0.05) is 0 Å². The first-order valence-electron chi connectivity index (χ1n) is 20.3. The SMILES string of the molecule is CC(C)(C)OC(=O)N1[C@@H](Cn2nncc2[C@@H]2O[C@H](COCc3ccccc3)[C@H](OCc3ccccc3)[C@H](OCc3ccccc3)[C@H]2OCc2ccccc2)COC1(C)C. The van der Waals surface area contributed by atoms with Crippen molar-refractivity contribution in [1.82, 2.24) is 19.9 Å². The molecule has 2 aliphatic heterocycles. The van der Waals surface area contributed by atoms with E-state index in [2.05, 4.69) is 10.3 Å². The highest BCUT2D eigenvalue weighted by Gasteiger charge is 2.51. The molecule has 0 aliphatic carbocycles. The molecule has 3 heterocycles. The van der Waals surface area contributed by atoms with Crippen molar-refractivity contribution in [3.63, 3.8) is 0 Å². The molecule has 2 aliphatic rings. The third-order valence-electron chi connectivity index (χ3n) is 10.4. The summed E-state index contributed by atoms with van der Waals surface area (Å²) in [5.41, 5.74) is 3.12. The van der Waals surface area contributed by atoms with E-state index in [0.717, 1.165) is 22.3 Å². The average Bonchev–Trinajstić information content (AvgIpc) is 3.82. The van der Waals surface area contributed by atoms with Crippen LogP contribution in [0.1, 0.15) is 68.7 Å². The van der Waals surface area contributed by atoms with Gasteiger partial charge in [-0.15, -0.1) is 5.10 Å². The molecule has 1 aromatic heterocycles.